The average Bonchev–Trinajstić information content (AvgIpc) is 3.09. The van der Waals surface area contributed by atoms with Crippen molar-refractivity contribution in [2.75, 3.05) is 24.5 Å². The second kappa shape index (κ2) is 7.47. The Bertz CT molecular complexity index is 1070. The van der Waals surface area contributed by atoms with Crippen LogP contribution >= 0.6 is 0 Å². The molecule has 2 aromatic heterocycles. The molecule has 0 saturated carbocycles. The third-order valence-electron chi connectivity index (χ3n) is 5.05. The van der Waals surface area contributed by atoms with Crippen LogP contribution in [0, 0.1) is 0 Å². The quantitative estimate of drug-likeness (QED) is 0.681. The van der Waals surface area contributed by atoms with E-state index in [4.69, 9.17) is 4.74 Å². The zero-order valence-electron chi connectivity index (χ0n) is 17.6. The van der Waals surface area contributed by atoms with Crippen LogP contribution in [0.4, 0.5) is 10.6 Å². The smallest absolute Gasteiger partial charge is 0.407 e. The lowest BCUT2D eigenvalue weighted by Gasteiger charge is -2.38. The summed E-state index contributed by atoms with van der Waals surface area (Å²) in [5.41, 5.74) is 2.03. The van der Waals surface area contributed by atoms with Crippen molar-refractivity contribution in [3.8, 4) is 17.1 Å². The maximum atomic E-state index is 11.3. The van der Waals surface area contributed by atoms with Gasteiger partial charge in [0.05, 0.1) is 11.2 Å². The van der Waals surface area contributed by atoms with Crippen molar-refractivity contribution in [3.05, 3.63) is 30.6 Å². The fourth-order valence-electron chi connectivity index (χ4n) is 3.70. The first kappa shape index (κ1) is 19.9. The number of ether oxygens (including phenoxy) is 1. The molecule has 0 aliphatic carbocycles. The molecule has 0 radical (unpaired) electrons. The topological polar surface area (TPSA) is 107 Å². The predicted octanol–water partition coefficient (Wildman–Crippen LogP) is 3.39. The first-order valence-corrected chi connectivity index (χ1v) is 9.95. The van der Waals surface area contributed by atoms with Crippen LogP contribution in [0.5, 0.6) is 5.75 Å². The Hall–Kier alpha value is -3.36. The highest BCUT2D eigenvalue weighted by atomic mass is 16.5. The van der Waals surface area contributed by atoms with E-state index < -0.39 is 6.09 Å². The van der Waals surface area contributed by atoms with Gasteiger partial charge in [-0.3, -0.25) is 5.10 Å². The van der Waals surface area contributed by atoms with Crippen LogP contribution in [0.3, 0.4) is 0 Å². The van der Waals surface area contributed by atoms with Gasteiger partial charge in [-0.15, -0.1) is 0 Å². The normalized spacial score (nSPS) is 17.4. The second-order valence-electron chi connectivity index (χ2n) is 8.53. The molecule has 2 N–H and O–H groups in total. The number of carboxylic acid groups (broad SMARTS) is 1. The third-order valence-corrected chi connectivity index (χ3v) is 5.05. The Labute approximate surface area is 174 Å². The molecule has 0 bridgehead atoms. The molecule has 3 aromatic rings. The summed E-state index contributed by atoms with van der Waals surface area (Å²) in [4.78, 5) is 23.7. The van der Waals surface area contributed by atoms with E-state index >= 15 is 0 Å². The fraction of sp³-hybridized carbons (Fsp3) is 0.429. The van der Waals surface area contributed by atoms with Crippen molar-refractivity contribution < 1.29 is 14.6 Å². The number of amides is 1. The zero-order valence-corrected chi connectivity index (χ0v) is 17.6. The van der Waals surface area contributed by atoms with Gasteiger partial charge in [0, 0.05) is 37.1 Å². The molecular weight excluding hydrogens is 384 g/mol. The monoisotopic (exact) mass is 410 g/mol. The van der Waals surface area contributed by atoms with Gasteiger partial charge in [-0.05, 0) is 45.9 Å². The van der Waals surface area contributed by atoms with Gasteiger partial charge in [-0.1, -0.05) is 0 Å². The number of carbonyl (C=O) groups is 1. The molecule has 1 atom stereocenters. The molecule has 0 spiro atoms. The van der Waals surface area contributed by atoms with Crippen LogP contribution in [0.1, 0.15) is 27.7 Å². The van der Waals surface area contributed by atoms with Crippen LogP contribution in [-0.2, 0) is 0 Å². The molecule has 1 aromatic carbocycles. The lowest BCUT2D eigenvalue weighted by atomic mass is 10.1. The number of hydrogen-bond donors (Lipinski definition) is 2. The summed E-state index contributed by atoms with van der Waals surface area (Å²) in [5, 5.41) is 17.7. The highest BCUT2D eigenvalue weighted by Crippen LogP contribution is 2.31. The largest absolute Gasteiger partial charge is 0.488 e. The van der Waals surface area contributed by atoms with Gasteiger partial charge in [-0.2, -0.15) is 5.10 Å². The number of nitrogens with one attached hydrogen (secondary N) is 1. The molecule has 0 unspecified atom stereocenters. The molecule has 30 heavy (non-hydrogen) atoms. The maximum Gasteiger partial charge on any atom is 0.407 e. The summed E-state index contributed by atoms with van der Waals surface area (Å²) >= 11 is 0. The third kappa shape index (κ3) is 4.00. The number of fused-ring (bicyclic) bond motifs is 1. The molecule has 3 heterocycles. The minimum Gasteiger partial charge on any atom is -0.488 e. The first-order valence-electron chi connectivity index (χ1n) is 9.95. The SMILES string of the molecule is C[C@H]1CN(c2cc(-c3n[nH]c4ccc(OC(C)(C)C)cc34)ncn2)CCN1C(=O)O. The van der Waals surface area contributed by atoms with Crippen LogP contribution in [0.2, 0.25) is 0 Å². The number of nitrogens with zero attached hydrogens (tertiary/aromatic N) is 5. The minimum atomic E-state index is -0.887. The number of piperazine rings is 1. The van der Waals surface area contributed by atoms with E-state index in [2.05, 4.69) is 25.1 Å². The van der Waals surface area contributed by atoms with Gasteiger partial charge < -0.3 is 19.6 Å². The number of aromatic amines is 1. The molecule has 1 amide bonds. The van der Waals surface area contributed by atoms with Crippen molar-refractivity contribution >= 4 is 22.8 Å². The van der Waals surface area contributed by atoms with Crippen LogP contribution < -0.4 is 9.64 Å². The van der Waals surface area contributed by atoms with E-state index in [1.807, 2.05) is 52.0 Å². The Kier molecular flexibility index (Phi) is 4.97. The molecule has 1 aliphatic rings. The van der Waals surface area contributed by atoms with E-state index in [1.54, 1.807) is 0 Å². The predicted molar refractivity (Wildman–Crippen MR) is 114 cm³/mol. The first-order chi connectivity index (χ1) is 14.2. The number of benzene rings is 1. The van der Waals surface area contributed by atoms with Gasteiger partial charge in [0.2, 0.25) is 0 Å². The zero-order chi connectivity index (χ0) is 21.5. The van der Waals surface area contributed by atoms with Crippen molar-refractivity contribution in [3.63, 3.8) is 0 Å². The van der Waals surface area contributed by atoms with E-state index in [9.17, 15) is 9.90 Å². The van der Waals surface area contributed by atoms with E-state index in [0.29, 0.717) is 25.3 Å². The minimum absolute atomic E-state index is 0.113. The second-order valence-corrected chi connectivity index (χ2v) is 8.53. The molecular formula is C21H26N6O3. The van der Waals surface area contributed by atoms with Crippen molar-refractivity contribution in [2.24, 2.45) is 0 Å². The Balaban J connectivity index is 1.63. The summed E-state index contributed by atoms with van der Waals surface area (Å²) in [6.45, 7) is 9.53. The van der Waals surface area contributed by atoms with Gasteiger partial charge in [0.15, 0.2) is 0 Å². The molecule has 9 heteroatoms. The highest BCUT2D eigenvalue weighted by Gasteiger charge is 2.28. The molecule has 1 fully saturated rings. The van der Waals surface area contributed by atoms with Crippen LogP contribution in [0.15, 0.2) is 30.6 Å². The van der Waals surface area contributed by atoms with Crippen LogP contribution in [0.25, 0.3) is 22.3 Å². The molecule has 158 valence electrons. The molecule has 9 nitrogen and oxygen atoms in total. The average molecular weight is 410 g/mol. The van der Waals surface area contributed by atoms with E-state index in [-0.39, 0.29) is 11.6 Å². The number of H-pyrrole nitrogens is 1. The molecule has 1 aliphatic heterocycles. The lowest BCUT2D eigenvalue weighted by Crippen LogP contribution is -2.53. The Morgan fingerprint density at radius 3 is 2.73 bits per heavy atom. The number of rotatable bonds is 3. The fourth-order valence-corrected chi connectivity index (χ4v) is 3.70. The van der Waals surface area contributed by atoms with Gasteiger partial charge in [-0.25, -0.2) is 14.8 Å². The summed E-state index contributed by atoms with van der Waals surface area (Å²) in [5.74, 6) is 1.53. The summed E-state index contributed by atoms with van der Waals surface area (Å²) in [6, 6.07) is 7.62. The van der Waals surface area contributed by atoms with Crippen molar-refractivity contribution in [2.45, 2.75) is 39.3 Å². The summed E-state index contributed by atoms with van der Waals surface area (Å²) < 4.78 is 5.99. The number of hydrogen-bond acceptors (Lipinski definition) is 6. The van der Waals surface area contributed by atoms with E-state index in [1.165, 1.54) is 11.2 Å². The van der Waals surface area contributed by atoms with Crippen molar-refractivity contribution in [1.82, 2.24) is 25.1 Å². The van der Waals surface area contributed by atoms with Gasteiger partial charge in [0.1, 0.15) is 29.2 Å². The highest BCUT2D eigenvalue weighted by molar-refractivity contribution is 5.93. The Morgan fingerprint density at radius 1 is 1.23 bits per heavy atom. The standard InChI is InChI=1S/C21H26N6O3/c1-13-11-26(7-8-27(13)20(28)29)18-10-17(22-12-23-18)19-15-9-14(30-21(2,3)4)5-6-16(15)24-25-19/h5-6,9-10,12-13H,7-8,11H2,1-4H3,(H,24,25)(H,28,29)/t13-/m0/s1. The molecule has 1 saturated heterocycles. The van der Waals surface area contributed by atoms with Crippen LogP contribution in [-0.4, -0.2) is 67.5 Å². The van der Waals surface area contributed by atoms with E-state index in [0.717, 1.165) is 28.2 Å². The maximum absolute atomic E-state index is 11.3. The summed E-state index contributed by atoms with van der Waals surface area (Å²) in [7, 11) is 0. The van der Waals surface area contributed by atoms with Gasteiger partial charge in [0.25, 0.3) is 0 Å². The summed E-state index contributed by atoms with van der Waals surface area (Å²) in [6.07, 6.45) is 0.636. The van der Waals surface area contributed by atoms with Crippen molar-refractivity contribution in [1.29, 1.82) is 0 Å². The van der Waals surface area contributed by atoms with Gasteiger partial charge >= 0.3 is 6.09 Å². The number of anilines is 1. The Morgan fingerprint density at radius 2 is 2.03 bits per heavy atom. The molecule has 4 rings (SSSR count). The number of aromatic nitrogens is 4. The lowest BCUT2D eigenvalue weighted by molar-refractivity contribution is 0.122.